The normalized spacial score (nSPS) is 11.6. The van der Waals surface area contributed by atoms with Gasteiger partial charge in [-0.25, -0.2) is 9.97 Å². The standard InChI is InChI=1S/C23H20N4O2/c1-29-20-10-7-18(8-11-20)22(17-5-3-2-4-6-17)26-23(28)19-9-12-21(25-15-19)27-14-13-24-16-27/h2-16,22H,1H3,(H,26,28). The third kappa shape index (κ3) is 4.16. The summed E-state index contributed by atoms with van der Waals surface area (Å²) in [6, 6.07) is 20.8. The fourth-order valence-electron chi connectivity index (χ4n) is 3.08. The minimum absolute atomic E-state index is 0.195. The van der Waals surface area contributed by atoms with Gasteiger partial charge in [-0.2, -0.15) is 0 Å². The summed E-state index contributed by atoms with van der Waals surface area (Å²) in [4.78, 5) is 21.3. The largest absolute Gasteiger partial charge is 0.497 e. The van der Waals surface area contributed by atoms with Crippen LogP contribution in [-0.2, 0) is 0 Å². The Balaban J connectivity index is 1.59. The number of ether oxygens (including phenoxy) is 1. The summed E-state index contributed by atoms with van der Waals surface area (Å²) in [5.74, 6) is 1.28. The highest BCUT2D eigenvalue weighted by Gasteiger charge is 2.18. The van der Waals surface area contributed by atoms with Gasteiger partial charge < -0.3 is 10.1 Å². The van der Waals surface area contributed by atoms with Crippen LogP contribution in [0, 0.1) is 0 Å². The Hall–Kier alpha value is -3.93. The van der Waals surface area contributed by atoms with Gasteiger partial charge in [0, 0.05) is 18.6 Å². The number of carbonyl (C=O) groups excluding carboxylic acids is 1. The maximum atomic E-state index is 12.9. The van der Waals surface area contributed by atoms with Crippen molar-refractivity contribution >= 4 is 5.91 Å². The van der Waals surface area contributed by atoms with Gasteiger partial charge >= 0.3 is 0 Å². The third-order valence-electron chi connectivity index (χ3n) is 4.64. The molecule has 1 atom stereocenters. The van der Waals surface area contributed by atoms with Crippen molar-refractivity contribution in [2.75, 3.05) is 7.11 Å². The van der Waals surface area contributed by atoms with Gasteiger partial charge in [-0.05, 0) is 35.4 Å². The van der Waals surface area contributed by atoms with E-state index in [1.807, 2.05) is 54.6 Å². The van der Waals surface area contributed by atoms with E-state index in [0.717, 1.165) is 16.9 Å². The second-order valence-electron chi connectivity index (χ2n) is 6.47. The van der Waals surface area contributed by atoms with Crippen molar-refractivity contribution in [1.82, 2.24) is 19.9 Å². The first-order valence-corrected chi connectivity index (χ1v) is 9.19. The maximum absolute atomic E-state index is 12.9. The summed E-state index contributed by atoms with van der Waals surface area (Å²) in [6.45, 7) is 0. The second-order valence-corrected chi connectivity index (χ2v) is 6.47. The van der Waals surface area contributed by atoms with Crippen LogP contribution >= 0.6 is 0 Å². The molecule has 0 fully saturated rings. The van der Waals surface area contributed by atoms with Crippen LogP contribution in [0.1, 0.15) is 27.5 Å². The molecule has 4 rings (SSSR count). The molecule has 1 unspecified atom stereocenters. The average Bonchev–Trinajstić information content (AvgIpc) is 3.33. The van der Waals surface area contributed by atoms with Gasteiger partial charge in [-0.3, -0.25) is 9.36 Å². The Bertz CT molecular complexity index is 1060. The lowest BCUT2D eigenvalue weighted by Gasteiger charge is -2.20. The Morgan fingerprint density at radius 3 is 2.38 bits per heavy atom. The van der Waals surface area contributed by atoms with Gasteiger partial charge in [0.05, 0.1) is 18.7 Å². The van der Waals surface area contributed by atoms with Crippen molar-refractivity contribution in [2.45, 2.75) is 6.04 Å². The molecule has 0 aliphatic carbocycles. The number of nitrogens with one attached hydrogen (secondary N) is 1. The lowest BCUT2D eigenvalue weighted by molar-refractivity contribution is 0.0942. The van der Waals surface area contributed by atoms with Crippen molar-refractivity contribution in [1.29, 1.82) is 0 Å². The van der Waals surface area contributed by atoms with Crippen LogP contribution in [0.2, 0.25) is 0 Å². The highest BCUT2D eigenvalue weighted by Crippen LogP contribution is 2.24. The van der Waals surface area contributed by atoms with E-state index in [1.165, 1.54) is 0 Å². The first-order valence-electron chi connectivity index (χ1n) is 9.19. The first-order chi connectivity index (χ1) is 14.2. The molecule has 0 saturated heterocycles. The Kier molecular flexibility index (Phi) is 5.33. The average molecular weight is 384 g/mol. The number of rotatable bonds is 6. The molecule has 2 heterocycles. The first kappa shape index (κ1) is 18.4. The zero-order valence-corrected chi connectivity index (χ0v) is 15.9. The predicted octanol–water partition coefficient (Wildman–Crippen LogP) is 3.80. The summed E-state index contributed by atoms with van der Waals surface area (Å²) in [5, 5.41) is 3.12. The number of carbonyl (C=O) groups is 1. The minimum atomic E-state index is -0.289. The van der Waals surface area contributed by atoms with Gasteiger partial charge in [-0.1, -0.05) is 42.5 Å². The topological polar surface area (TPSA) is 69.0 Å². The summed E-state index contributed by atoms with van der Waals surface area (Å²) >= 11 is 0. The van der Waals surface area contributed by atoms with E-state index in [-0.39, 0.29) is 11.9 Å². The van der Waals surface area contributed by atoms with Crippen LogP contribution in [0.25, 0.3) is 5.82 Å². The number of benzene rings is 2. The summed E-state index contributed by atoms with van der Waals surface area (Å²) < 4.78 is 7.03. The zero-order valence-electron chi connectivity index (χ0n) is 15.9. The maximum Gasteiger partial charge on any atom is 0.253 e. The minimum Gasteiger partial charge on any atom is -0.497 e. The second kappa shape index (κ2) is 8.39. The molecule has 4 aromatic rings. The molecule has 2 aromatic carbocycles. The molecule has 6 heteroatoms. The molecule has 1 amide bonds. The van der Waals surface area contributed by atoms with E-state index in [1.54, 1.807) is 48.7 Å². The molecule has 29 heavy (non-hydrogen) atoms. The van der Waals surface area contributed by atoms with Crippen LogP contribution in [0.3, 0.4) is 0 Å². The van der Waals surface area contributed by atoms with E-state index in [2.05, 4.69) is 15.3 Å². The van der Waals surface area contributed by atoms with Crippen molar-refractivity contribution in [3.8, 4) is 11.6 Å². The summed E-state index contributed by atoms with van der Waals surface area (Å²) in [5.41, 5.74) is 2.45. The van der Waals surface area contributed by atoms with Crippen LogP contribution in [0.15, 0.2) is 91.6 Å². The smallest absolute Gasteiger partial charge is 0.253 e. The monoisotopic (exact) mass is 384 g/mol. The SMILES string of the molecule is COc1ccc(C(NC(=O)c2ccc(-n3ccnc3)nc2)c2ccccc2)cc1. The third-order valence-corrected chi connectivity index (χ3v) is 4.64. The molecule has 6 nitrogen and oxygen atoms in total. The molecule has 0 aliphatic rings. The Morgan fingerprint density at radius 1 is 1.00 bits per heavy atom. The number of amides is 1. The summed E-state index contributed by atoms with van der Waals surface area (Å²) in [7, 11) is 1.63. The zero-order chi connectivity index (χ0) is 20.1. The van der Waals surface area contributed by atoms with Gasteiger partial charge in [0.1, 0.15) is 17.9 Å². The van der Waals surface area contributed by atoms with Crippen LogP contribution < -0.4 is 10.1 Å². The Labute approximate surface area is 168 Å². The quantitative estimate of drug-likeness (QED) is 0.549. The Morgan fingerprint density at radius 2 is 1.76 bits per heavy atom. The molecular formula is C23H20N4O2. The number of hydrogen-bond donors (Lipinski definition) is 1. The van der Waals surface area contributed by atoms with Gasteiger partial charge in [-0.15, -0.1) is 0 Å². The lowest BCUT2D eigenvalue weighted by atomic mass is 9.98. The van der Waals surface area contributed by atoms with Crippen LogP contribution in [0.4, 0.5) is 0 Å². The molecule has 0 spiro atoms. The van der Waals surface area contributed by atoms with E-state index in [0.29, 0.717) is 11.4 Å². The number of imidazole rings is 1. The number of nitrogens with zero attached hydrogens (tertiary/aromatic N) is 3. The highest BCUT2D eigenvalue weighted by molar-refractivity contribution is 5.94. The molecule has 0 radical (unpaired) electrons. The van der Waals surface area contributed by atoms with Gasteiger partial charge in [0.15, 0.2) is 0 Å². The lowest BCUT2D eigenvalue weighted by Crippen LogP contribution is -2.29. The molecule has 144 valence electrons. The van der Waals surface area contributed by atoms with E-state index in [4.69, 9.17) is 4.74 Å². The molecule has 0 aliphatic heterocycles. The number of methoxy groups -OCH3 is 1. The fourth-order valence-corrected chi connectivity index (χ4v) is 3.08. The number of pyridine rings is 1. The summed E-state index contributed by atoms with van der Waals surface area (Å²) in [6.07, 6.45) is 6.72. The highest BCUT2D eigenvalue weighted by atomic mass is 16.5. The molecule has 1 N–H and O–H groups in total. The molecule has 0 bridgehead atoms. The van der Waals surface area contributed by atoms with Crippen LogP contribution in [-0.4, -0.2) is 27.6 Å². The number of hydrogen-bond acceptors (Lipinski definition) is 4. The van der Waals surface area contributed by atoms with Crippen molar-refractivity contribution in [3.05, 3.63) is 108 Å². The van der Waals surface area contributed by atoms with Gasteiger partial charge in [0.25, 0.3) is 5.91 Å². The number of aromatic nitrogens is 3. The van der Waals surface area contributed by atoms with E-state index in [9.17, 15) is 4.79 Å². The van der Waals surface area contributed by atoms with Crippen molar-refractivity contribution < 1.29 is 9.53 Å². The van der Waals surface area contributed by atoms with E-state index >= 15 is 0 Å². The van der Waals surface area contributed by atoms with Crippen molar-refractivity contribution in [3.63, 3.8) is 0 Å². The van der Waals surface area contributed by atoms with E-state index < -0.39 is 0 Å². The molecule has 2 aromatic heterocycles. The van der Waals surface area contributed by atoms with Gasteiger partial charge in [0.2, 0.25) is 0 Å². The molecular weight excluding hydrogens is 364 g/mol. The predicted molar refractivity (Wildman–Crippen MR) is 110 cm³/mol. The fraction of sp³-hybridized carbons (Fsp3) is 0.0870. The molecule has 0 saturated carbocycles. The van der Waals surface area contributed by atoms with Crippen molar-refractivity contribution in [2.24, 2.45) is 0 Å². The van der Waals surface area contributed by atoms with Crippen LogP contribution in [0.5, 0.6) is 5.75 Å².